The van der Waals surface area contributed by atoms with Crippen molar-refractivity contribution in [2.24, 2.45) is 0 Å². The summed E-state index contributed by atoms with van der Waals surface area (Å²) in [5, 5.41) is 3.51. The molecule has 0 aliphatic heterocycles. The van der Waals surface area contributed by atoms with Crippen molar-refractivity contribution in [2.75, 3.05) is 10.8 Å². The van der Waals surface area contributed by atoms with Gasteiger partial charge < -0.3 is 10.2 Å². The molecule has 0 unspecified atom stereocenters. The summed E-state index contributed by atoms with van der Waals surface area (Å²) in [6.45, 7) is 5.10. The number of nitrogens with zero attached hydrogens (tertiary/aromatic N) is 2. The van der Waals surface area contributed by atoms with E-state index in [-0.39, 0.29) is 23.8 Å². The molecule has 1 atom stereocenters. The second kappa shape index (κ2) is 14.4. The van der Waals surface area contributed by atoms with Crippen molar-refractivity contribution in [3.63, 3.8) is 0 Å². The van der Waals surface area contributed by atoms with Gasteiger partial charge in [0.2, 0.25) is 11.8 Å². The fourth-order valence-corrected chi connectivity index (χ4v) is 6.75. The van der Waals surface area contributed by atoms with Crippen LogP contribution in [0.25, 0.3) is 0 Å². The highest BCUT2D eigenvalue weighted by Gasteiger charge is 2.35. The molecular weight excluding hydrogens is 662 g/mol. The molecule has 0 saturated carbocycles. The lowest BCUT2D eigenvalue weighted by molar-refractivity contribution is -0.140. The highest BCUT2D eigenvalue weighted by Crippen LogP contribution is 2.27. The second-order valence-electron chi connectivity index (χ2n) is 11.4. The SMILES string of the molecule is CC(C)(C)NC(=O)[C@@H](Cc1ccccc1)N(Cc1cccc(Cl)c1)C(=O)CN(c1cccc(Br)c1)S(=O)(=O)c1ccccc1. The molecule has 230 valence electrons. The number of sulfonamides is 1. The molecule has 0 spiro atoms. The molecule has 7 nitrogen and oxygen atoms in total. The van der Waals surface area contributed by atoms with Gasteiger partial charge in [-0.3, -0.25) is 13.9 Å². The number of amides is 2. The van der Waals surface area contributed by atoms with Crippen LogP contribution in [0.1, 0.15) is 31.9 Å². The predicted octanol–water partition coefficient (Wildman–Crippen LogP) is 6.85. The van der Waals surface area contributed by atoms with E-state index in [1.165, 1.54) is 17.0 Å². The number of hydrogen-bond donors (Lipinski definition) is 1. The summed E-state index contributed by atoms with van der Waals surface area (Å²) in [5.74, 6) is -0.897. The lowest BCUT2D eigenvalue weighted by atomic mass is 10.0. The first kappa shape index (κ1) is 33.2. The van der Waals surface area contributed by atoms with E-state index in [2.05, 4.69) is 21.2 Å². The average molecular weight is 697 g/mol. The Morgan fingerprint density at radius 2 is 1.45 bits per heavy atom. The minimum absolute atomic E-state index is 0.0339. The van der Waals surface area contributed by atoms with Gasteiger partial charge in [0.05, 0.1) is 10.6 Å². The third-order valence-corrected chi connectivity index (χ3v) is 9.23. The number of hydrogen-bond acceptors (Lipinski definition) is 4. The summed E-state index contributed by atoms with van der Waals surface area (Å²) in [7, 11) is -4.17. The number of benzene rings is 4. The summed E-state index contributed by atoms with van der Waals surface area (Å²) in [6.07, 6.45) is 0.220. The number of carbonyl (C=O) groups is 2. The van der Waals surface area contributed by atoms with E-state index in [4.69, 9.17) is 11.6 Å². The predicted molar refractivity (Wildman–Crippen MR) is 179 cm³/mol. The Labute approximate surface area is 273 Å². The van der Waals surface area contributed by atoms with Crippen LogP contribution in [0.4, 0.5) is 5.69 Å². The van der Waals surface area contributed by atoms with E-state index in [0.717, 1.165) is 9.87 Å². The molecule has 1 N–H and O–H groups in total. The second-order valence-corrected chi connectivity index (χ2v) is 14.6. The highest BCUT2D eigenvalue weighted by atomic mass is 79.9. The van der Waals surface area contributed by atoms with Crippen LogP contribution in [-0.4, -0.2) is 43.3 Å². The van der Waals surface area contributed by atoms with Gasteiger partial charge in [-0.2, -0.15) is 0 Å². The van der Waals surface area contributed by atoms with Gasteiger partial charge >= 0.3 is 0 Å². The molecule has 0 aliphatic carbocycles. The maximum atomic E-state index is 14.5. The van der Waals surface area contributed by atoms with Gasteiger partial charge in [0.1, 0.15) is 12.6 Å². The Morgan fingerprint density at radius 3 is 2.07 bits per heavy atom. The van der Waals surface area contributed by atoms with Crippen LogP contribution >= 0.6 is 27.5 Å². The number of carbonyl (C=O) groups excluding carboxylic acids is 2. The lowest BCUT2D eigenvalue weighted by Crippen LogP contribution is -2.56. The molecule has 0 bridgehead atoms. The van der Waals surface area contributed by atoms with Crippen molar-refractivity contribution in [3.8, 4) is 0 Å². The van der Waals surface area contributed by atoms with E-state index in [0.29, 0.717) is 20.7 Å². The summed E-state index contributed by atoms with van der Waals surface area (Å²) in [5.41, 5.74) is 1.28. The van der Waals surface area contributed by atoms with Gasteiger partial charge in [0.15, 0.2) is 0 Å². The molecule has 4 aromatic rings. The van der Waals surface area contributed by atoms with E-state index in [9.17, 15) is 18.0 Å². The molecule has 0 radical (unpaired) electrons. The zero-order valence-electron chi connectivity index (χ0n) is 24.8. The van der Waals surface area contributed by atoms with Crippen LogP contribution in [-0.2, 0) is 32.6 Å². The molecule has 0 saturated heterocycles. The maximum Gasteiger partial charge on any atom is 0.264 e. The Balaban J connectivity index is 1.82. The number of halogens is 2. The van der Waals surface area contributed by atoms with Gasteiger partial charge in [-0.05, 0) is 74.4 Å². The van der Waals surface area contributed by atoms with Crippen LogP contribution in [0.2, 0.25) is 5.02 Å². The first-order valence-corrected chi connectivity index (χ1v) is 16.7. The van der Waals surface area contributed by atoms with Crippen molar-refractivity contribution < 1.29 is 18.0 Å². The van der Waals surface area contributed by atoms with Gasteiger partial charge in [0, 0.05) is 28.0 Å². The van der Waals surface area contributed by atoms with Crippen LogP contribution in [0.3, 0.4) is 0 Å². The molecule has 10 heteroatoms. The first-order chi connectivity index (χ1) is 20.8. The average Bonchev–Trinajstić information content (AvgIpc) is 2.97. The van der Waals surface area contributed by atoms with Crippen LogP contribution in [0.5, 0.6) is 0 Å². The van der Waals surface area contributed by atoms with E-state index in [1.807, 2.05) is 57.2 Å². The Bertz CT molecular complexity index is 1700. The van der Waals surface area contributed by atoms with Crippen LogP contribution < -0.4 is 9.62 Å². The molecule has 0 fully saturated rings. The summed E-state index contributed by atoms with van der Waals surface area (Å²) < 4.78 is 29.8. The number of anilines is 1. The molecule has 0 heterocycles. The van der Waals surface area contributed by atoms with E-state index < -0.39 is 34.1 Å². The van der Waals surface area contributed by atoms with Crippen molar-refractivity contribution in [3.05, 3.63) is 130 Å². The Kier molecular flexibility index (Phi) is 10.9. The number of nitrogens with one attached hydrogen (secondary N) is 1. The van der Waals surface area contributed by atoms with Crippen molar-refractivity contribution in [1.29, 1.82) is 0 Å². The van der Waals surface area contributed by atoms with Crippen LogP contribution in [0.15, 0.2) is 119 Å². The standard InChI is InChI=1S/C34H35BrClN3O4S/c1-34(2,3)37-33(41)31(21-25-12-6-4-7-13-25)38(23-26-14-10-16-28(36)20-26)32(40)24-39(29-17-11-15-27(35)22-29)44(42,43)30-18-8-5-9-19-30/h4-20,22,31H,21,23-24H2,1-3H3,(H,37,41)/t31-/m1/s1. The fraction of sp³-hybridized carbons (Fsp3) is 0.235. The third kappa shape index (κ3) is 8.94. The normalized spacial score (nSPS) is 12.3. The fourth-order valence-electron chi connectivity index (χ4n) is 4.72. The molecule has 0 aromatic heterocycles. The third-order valence-electron chi connectivity index (χ3n) is 6.72. The molecule has 2 amide bonds. The van der Waals surface area contributed by atoms with Gasteiger partial charge in [-0.15, -0.1) is 0 Å². The monoisotopic (exact) mass is 695 g/mol. The highest BCUT2D eigenvalue weighted by molar-refractivity contribution is 9.10. The topological polar surface area (TPSA) is 86.8 Å². The Hall–Kier alpha value is -3.66. The smallest absolute Gasteiger partial charge is 0.264 e. The van der Waals surface area contributed by atoms with Crippen molar-refractivity contribution in [2.45, 2.75) is 50.2 Å². The van der Waals surface area contributed by atoms with Gasteiger partial charge in [0.25, 0.3) is 10.0 Å². The maximum absolute atomic E-state index is 14.5. The zero-order valence-corrected chi connectivity index (χ0v) is 27.9. The van der Waals surface area contributed by atoms with Crippen LogP contribution in [0, 0.1) is 0 Å². The van der Waals surface area contributed by atoms with E-state index in [1.54, 1.807) is 60.7 Å². The van der Waals surface area contributed by atoms with Gasteiger partial charge in [-0.25, -0.2) is 8.42 Å². The van der Waals surface area contributed by atoms with E-state index >= 15 is 0 Å². The Morgan fingerprint density at radius 1 is 0.841 bits per heavy atom. The molecular formula is C34H35BrClN3O4S. The lowest BCUT2D eigenvalue weighted by Gasteiger charge is -2.35. The quantitative estimate of drug-likeness (QED) is 0.186. The minimum atomic E-state index is -4.17. The van der Waals surface area contributed by atoms with Gasteiger partial charge in [-0.1, -0.05) is 94.3 Å². The zero-order chi connectivity index (χ0) is 31.9. The summed E-state index contributed by atoms with van der Waals surface area (Å²) >= 11 is 9.72. The summed E-state index contributed by atoms with van der Waals surface area (Å²) in [6, 6.07) is 30.2. The molecule has 44 heavy (non-hydrogen) atoms. The first-order valence-electron chi connectivity index (χ1n) is 14.1. The molecule has 0 aliphatic rings. The number of rotatable bonds is 11. The van der Waals surface area contributed by atoms with Crippen molar-refractivity contribution >= 4 is 55.1 Å². The molecule has 4 rings (SSSR count). The molecule has 4 aromatic carbocycles. The van der Waals surface area contributed by atoms with Crippen molar-refractivity contribution in [1.82, 2.24) is 10.2 Å². The minimum Gasteiger partial charge on any atom is -0.350 e. The summed E-state index contributed by atoms with van der Waals surface area (Å²) in [4.78, 5) is 29.9. The largest absolute Gasteiger partial charge is 0.350 e.